The van der Waals surface area contributed by atoms with Gasteiger partial charge in [-0.3, -0.25) is 41.6 Å². The molecule has 0 atom stereocenters. The molecular weight excluding hydrogens is 600 g/mol. The van der Waals surface area contributed by atoms with Crippen molar-refractivity contribution in [2.45, 2.75) is 12.8 Å². The van der Waals surface area contributed by atoms with Gasteiger partial charge in [0.1, 0.15) is 0 Å². The summed E-state index contributed by atoms with van der Waals surface area (Å²) < 4.78 is 0. The number of hydroxylamine groups is 2. The molecule has 0 aromatic heterocycles. The molecule has 0 bridgehead atoms. The maximum atomic E-state index is 10.9. The van der Waals surface area contributed by atoms with Crippen molar-refractivity contribution in [3.05, 3.63) is 140 Å². The van der Waals surface area contributed by atoms with Crippen LogP contribution in [0.25, 0.3) is 0 Å². The molecule has 46 heavy (non-hydrogen) atoms. The summed E-state index contributed by atoms with van der Waals surface area (Å²) in [6, 6.07) is 24.7. The van der Waals surface area contributed by atoms with Crippen molar-refractivity contribution in [3.8, 4) is 0 Å². The van der Waals surface area contributed by atoms with Gasteiger partial charge >= 0.3 is 0 Å². The SMILES string of the molecule is O=[N+]([O-])c1ccc(/C(=N\O)C(=Nc2ccc(CCc3ccc(N=C(NO)/C(=N/O)c4ccc([N+](=O)[O-])cc4)cc3)cc2)NO)cc1. The number of rotatable bonds is 11. The molecule has 0 heterocycles. The Morgan fingerprint density at radius 2 is 0.891 bits per heavy atom. The number of oxime groups is 2. The summed E-state index contributed by atoms with van der Waals surface area (Å²) in [5, 5.41) is 66.4. The number of hydrogen-bond acceptors (Lipinski definition) is 12. The molecule has 4 rings (SSSR count). The highest BCUT2D eigenvalue weighted by Crippen LogP contribution is 2.20. The number of aryl methyl sites for hydroxylation is 2. The molecule has 234 valence electrons. The summed E-state index contributed by atoms with van der Waals surface area (Å²) in [6.45, 7) is 0. The van der Waals surface area contributed by atoms with E-state index >= 15 is 0 Å². The molecule has 0 saturated heterocycles. The first-order chi connectivity index (χ1) is 22.3. The maximum absolute atomic E-state index is 10.9. The van der Waals surface area contributed by atoms with Gasteiger partial charge in [0, 0.05) is 35.4 Å². The first-order valence-electron chi connectivity index (χ1n) is 13.4. The highest BCUT2D eigenvalue weighted by atomic mass is 16.6. The van der Waals surface area contributed by atoms with Gasteiger partial charge in [0.2, 0.25) is 0 Å². The van der Waals surface area contributed by atoms with Crippen LogP contribution in [0.4, 0.5) is 22.7 Å². The molecule has 16 nitrogen and oxygen atoms in total. The molecule has 0 unspecified atom stereocenters. The monoisotopic (exact) mass is 626 g/mol. The van der Waals surface area contributed by atoms with Gasteiger partial charge in [-0.05, 0) is 72.5 Å². The number of nitro groups is 2. The zero-order chi connectivity index (χ0) is 33.1. The Bertz CT molecular complexity index is 1670. The lowest BCUT2D eigenvalue weighted by molar-refractivity contribution is -0.385. The molecule has 4 aromatic rings. The second-order valence-electron chi connectivity index (χ2n) is 9.48. The zero-order valence-electron chi connectivity index (χ0n) is 23.8. The number of non-ortho nitro benzene ring substituents is 2. The second-order valence-corrected chi connectivity index (χ2v) is 9.48. The van der Waals surface area contributed by atoms with E-state index in [-0.39, 0.29) is 45.6 Å². The van der Waals surface area contributed by atoms with E-state index < -0.39 is 9.85 Å². The van der Waals surface area contributed by atoms with Crippen molar-refractivity contribution >= 4 is 45.8 Å². The fourth-order valence-corrected chi connectivity index (χ4v) is 4.25. The number of amidine groups is 2. The number of hydrogen-bond donors (Lipinski definition) is 6. The summed E-state index contributed by atoms with van der Waals surface area (Å²) in [5.41, 5.74) is 6.71. The molecule has 0 saturated carbocycles. The number of nitrogens with one attached hydrogen (secondary N) is 2. The Hall–Kier alpha value is -6.52. The number of nitrogens with zero attached hydrogens (tertiary/aromatic N) is 6. The molecule has 0 aliphatic rings. The first-order valence-corrected chi connectivity index (χ1v) is 13.4. The van der Waals surface area contributed by atoms with Crippen molar-refractivity contribution in [3.63, 3.8) is 0 Å². The molecule has 0 aliphatic carbocycles. The van der Waals surface area contributed by atoms with E-state index in [4.69, 9.17) is 0 Å². The third-order valence-corrected chi connectivity index (χ3v) is 6.62. The van der Waals surface area contributed by atoms with Gasteiger partial charge < -0.3 is 10.4 Å². The summed E-state index contributed by atoms with van der Waals surface area (Å²) in [6.07, 6.45) is 1.35. The second kappa shape index (κ2) is 15.3. The molecule has 6 N–H and O–H groups in total. The van der Waals surface area contributed by atoms with Crippen molar-refractivity contribution in [2.24, 2.45) is 20.3 Å². The standard InChI is InChI=1S/C30H26N8O8/c39-33-27(21-7-15-25(16-8-21)37(43)44)29(35-41)31-23-11-3-19(4-12-23)1-2-20-5-13-24(14-6-20)32-30(36-42)28(34-40)22-9-17-26(18-10-22)38(45)46/h3-18,39-42H,1-2H2,(H,31,35)(H,32,36)/b33-27+,34-28+. The Morgan fingerprint density at radius 3 is 1.15 bits per heavy atom. The number of nitro benzene ring substituents is 2. The van der Waals surface area contributed by atoms with Crippen LogP contribution in [0.5, 0.6) is 0 Å². The summed E-state index contributed by atoms with van der Waals surface area (Å²) in [5.74, 6) is -0.340. The van der Waals surface area contributed by atoms with Gasteiger partial charge in [-0.2, -0.15) is 0 Å². The minimum atomic E-state index is -0.561. The molecule has 0 radical (unpaired) electrons. The van der Waals surface area contributed by atoms with Crippen molar-refractivity contribution in [1.82, 2.24) is 11.0 Å². The van der Waals surface area contributed by atoms with Crippen LogP contribution in [0.3, 0.4) is 0 Å². The van der Waals surface area contributed by atoms with Gasteiger partial charge in [-0.15, -0.1) is 0 Å². The predicted octanol–water partition coefficient (Wildman–Crippen LogP) is 5.06. The van der Waals surface area contributed by atoms with Crippen LogP contribution in [0.1, 0.15) is 22.3 Å². The van der Waals surface area contributed by atoms with E-state index in [1.54, 1.807) is 24.3 Å². The van der Waals surface area contributed by atoms with E-state index in [0.717, 1.165) is 11.1 Å². The molecule has 0 aliphatic heterocycles. The molecule has 4 aromatic carbocycles. The Morgan fingerprint density at radius 1 is 0.565 bits per heavy atom. The minimum absolute atomic E-state index is 0.123. The van der Waals surface area contributed by atoms with Crippen LogP contribution < -0.4 is 11.0 Å². The van der Waals surface area contributed by atoms with Crippen LogP contribution >= 0.6 is 0 Å². The highest BCUT2D eigenvalue weighted by Gasteiger charge is 2.16. The molecule has 0 spiro atoms. The lowest BCUT2D eigenvalue weighted by Gasteiger charge is -2.08. The molecular formula is C30H26N8O8. The van der Waals surface area contributed by atoms with Crippen molar-refractivity contribution in [2.75, 3.05) is 0 Å². The van der Waals surface area contributed by atoms with Gasteiger partial charge in [-0.25, -0.2) is 9.98 Å². The van der Waals surface area contributed by atoms with Crippen molar-refractivity contribution in [1.29, 1.82) is 0 Å². The normalized spacial score (nSPS) is 12.5. The van der Waals surface area contributed by atoms with E-state index in [9.17, 15) is 41.1 Å². The lowest BCUT2D eigenvalue weighted by atomic mass is 10.0. The first kappa shape index (κ1) is 32.4. The summed E-state index contributed by atoms with van der Waals surface area (Å²) in [7, 11) is 0. The molecule has 16 heteroatoms. The number of aliphatic imine (C=N–C) groups is 2. The number of benzene rings is 4. The van der Waals surface area contributed by atoms with Crippen LogP contribution in [0.15, 0.2) is 117 Å². The Kier molecular flexibility index (Phi) is 10.8. The van der Waals surface area contributed by atoms with Gasteiger partial charge in [0.15, 0.2) is 23.1 Å². The quantitative estimate of drug-likeness (QED) is 0.0425. The van der Waals surface area contributed by atoms with Crippen molar-refractivity contribution < 1.29 is 30.7 Å². The average molecular weight is 627 g/mol. The maximum Gasteiger partial charge on any atom is 0.269 e. The summed E-state index contributed by atoms with van der Waals surface area (Å²) >= 11 is 0. The highest BCUT2D eigenvalue weighted by molar-refractivity contribution is 6.48. The topological polar surface area (TPSA) is 241 Å². The Labute approximate surface area is 260 Å². The van der Waals surface area contributed by atoms with Crippen LogP contribution in [0, 0.1) is 20.2 Å². The zero-order valence-corrected chi connectivity index (χ0v) is 23.8. The van der Waals surface area contributed by atoms with Gasteiger partial charge in [0.05, 0.1) is 21.2 Å². The van der Waals surface area contributed by atoms with E-state index in [0.29, 0.717) is 24.2 Å². The predicted molar refractivity (Wildman–Crippen MR) is 167 cm³/mol. The smallest absolute Gasteiger partial charge is 0.269 e. The molecule has 0 fully saturated rings. The fraction of sp³-hybridized carbons (Fsp3) is 0.0667. The van der Waals surface area contributed by atoms with Gasteiger partial charge in [-0.1, -0.05) is 34.6 Å². The third-order valence-electron chi connectivity index (χ3n) is 6.62. The van der Waals surface area contributed by atoms with E-state index in [1.807, 2.05) is 35.2 Å². The van der Waals surface area contributed by atoms with Gasteiger partial charge in [0.25, 0.3) is 11.4 Å². The van der Waals surface area contributed by atoms with Crippen LogP contribution in [-0.4, -0.2) is 53.8 Å². The fourth-order valence-electron chi connectivity index (χ4n) is 4.25. The van der Waals surface area contributed by atoms with E-state index in [2.05, 4.69) is 20.3 Å². The minimum Gasteiger partial charge on any atom is -0.410 e. The molecule has 0 amide bonds. The van der Waals surface area contributed by atoms with Crippen LogP contribution in [-0.2, 0) is 12.8 Å². The van der Waals surface area contributed by atoms with Crippen LogP contribution in [0.2, 0.25) is 0 Å². The third kappa shape index (κ3) is 8.10. The lowest BCUT2D eigenvalue weighted by Crippen LogP contribution is -2.29. The average Bonchev–Trinajstić information content (AvgIpc) is 3.08. The summed E-state index contributed by atoms with van der Waals surface area (Å²) in [4.78, 5) is 29.2. The van der Waals surface area contributed by atoms with E-state index in [1.165, 1.54) is 48.5 Å². The largest absolute Gasteiger partial charge is 0.410 e. The Balaban J connectivity index is 1.40.